The van der Waals surface area contributed by atoms with E-state index in [0.717, 1.165) is 31.7 Å². The quantitative estimate of drug-likeness (QED) is 0.674. The molecule has 156 valence electrons. The van der Waals surface area contributed by atoms with Gasteiger partial charge < -0.3 is 9.73 Å². The van der Waals surface area contributed by atoms with Crippen LogP contribution in [0.5, 0.6) is 0 Å². The molecule has 1 aliphatic rings. The van der Waals surface area contributed by atoms with E-state index in [2.05, 4.69) is 32.2 Å². The summed E-state index contributed by atoms with van der Waals surface area (Å²) in [7, 11) is 0. The second-order valence-electron chi connectivity index (χ2n) is 7.35. The predicted octanol–water partition coefficient (Wildman–Crippen LogP) is 3.19. The maximum Gasteiger partial charge on any atom is 0.247 e. The van der Waals surface area contributed by atoms with Crippen LogP contribution in [-0.2, 0) is 4.79 Å². The Balaban J connectivity index is 1.27. The van der Waals surface area contributed by atoms with E-state index in [1.165, 1.54) is 12.1 Å². The number of hydrogen-bond donors (Lipinski definition) is 1. The van der Waals surface area contributed by atoms with E-state index in [1.807, 2.05) is 30.3 Å². The number of halogens is 1. The largest absolute Gasteiger partial charge is 0.419 e. The van der Waals surface area contributed by atoms with E-state index in [1.54, 1.807) is 12.1 Å². The molecule has 0 radical (unpaired) electrons. The van der Waals surface area contributed by atoms with Crippen LogP contribution in [0.3, 0.4) is 0 Å². The van der Waals surface area contributed by atoms with Gasteiger partial charge in [0.1, 0.15) is 5.82 Å². The summed E-state index contributed by atoms with van der Waals surface area (Å²) in [6.07, 6.45) is 0. The minimum Gasteiger partial charge on any atom is -0.419 e. The minimum absolute atomic E-state index is 0.00477. The Bertz CT molecular complexity index is 969. The van der Waals surface area contributed by atoms with Crippen molar-refractivity contribution in [2.24, 2.45) is 0 Å². The van der Waals surface area contributed by atoms with Crippen LogP contribution in [0.4, 0.5) is 10.1 Å². The minimum atomic E-state index is -0.324. The number of amides is 1. The van der Waals surface area contributed by atoms with Crippen LogP contribution < -0.4 is 5.32 Å². The molecule has 8 heteroatoms. The third-order valence-electron chi connectivity index (χ3n) is 5.27. The lowest BCUT2D eigenvalue weighted by atomic mass is 10.2. The van der Waals surface area contributed by atoms with Crippen LogP contribution in [0.25, 0.3) is 11.5 Å². The van der Waals surface area contributed by atoms with E-state index >= 15 is 0 Å². The number of rotatable bonds is 6. The molecule has 4 rings (SSSR count). The number of benzene rings is 2. The van der Waals surface area contributed by atoms with E-state index < -0.39 is 0 Å². The molecule has 1 atom stereocenters. The van der Waals surface area contributed by atoms with Gasteiger partial charge in [-0.25, -0.2) is 4.39 Å². The van der Waals surface area contributed by atoms with Crippen molar-refractivity contribution in [1.29, 1.82) is 0 Å². The van der Waals surface area contributed by atoms with Crippen LogP contribution in [0.2, 0.25) is 0 Å². The number of nitrogens with zero attached hydrogens (tertiary/aromatic N) is 4. The number of piperazine rings is 1. The fraction of sp³-hybridized carbons (Fsp3) is 0.318. The van der Waals surface area contributed by atoms with Gasteiger partial charge in [0.05, 0.1) is 12.6 Å². The molecule has 7 nitrogen and oxygen atoms in total. The summed E-state index contributed by atoms with van der Waals surface area (Å²) in [5.74, 6) is 0.688. The SMILES string of the molecule is C[C@H](c1nnc(-c2ccccc2)o1)N1CCN(CC(=O)Nc2ccc(F)cc2)CC1. The van der Waals surface area contributed by atoms with Gasteiger partial charge in [-0.15, -0.1) is 10.2 Å². The van der Waals surface area contributed by atoms with Gasteiger partial charge in [0.15, 0.2) is 0 Å². The fourth-order valence-electron chi connectivity index (χ4n) is 3.50. The summed E-state index contributed by atoms with van der Waals surface area (Å²) < 4.78 is 18.9. The maximum atomic E-state index is 13.0. The zero-order valence-electron chi connectivity index (χ0n) is 16.8. The summed E-state index contributed by atoms with van der Waals surface area (Å²) in [5, 5.41) is 11.2. The summed E-state index contributed by atoms with van der Waals surface area (Å²) in [5.41, 5.74) is 1.50. The third-order valence-corrected chi connectivity index (χ3v) is 5.27. The molecule has 0 saturated carbocycles. The highest BCUT2D eigenvalue weighted by Gasteiger charge is 2.26. The highest BCUT2D eigenvalue weighted by Crippen LogP contribution is 2.24. The number of carbonyl (C=O) groups excluding carboxylic acids is 1. The van der Waals surface area contributed by atoms with Crippen LogP contribution in [0, 0.1) is 5.82 Å². The first-order chi connectivity index (χ1) is 14.6. The monoisotopic (exact) mass is 409 g/mol. The Hall–Kier alpha value is -3.10. The number of hydrogen-bond acceptors (Lipinski definition) is 6. The zero-order chi connectivity index (χ0) is 20.9. The van der Waals surface area contributed by atoms with Crippen LogP contribution in [0.15, 0.2) is 59.0 Å². The van der Waals surface area contributed by atoms with Crippen molar-refractivity contribution in [2.45, 2.75) is 13.0 Å². The highest BCUT2D eigenvalue weighted by atomic mass is 19.1. The molecule has 0 aliphatic carbocycles. The van der Waals surface area contributed by atoms with Gasteiger partial charge in [0.25, 0.3) is 0 Å². The number of nitrogens with one attached hydrogen (secondary N) is 1. The highest BCUT2D eigenvalue weighted by molar-refractivity contribution is 5.92. The van der Waals surface area contributed by atoms with E-state index in [-0.39, 0.29) is 17.8 Å². The van der Waals surface area contributed by atoms with Gasteiger partial charge in [-0.2, -0.15) is 0 Å². The molecule has 0 bridgehead atoms. The molecule has 1 amide bonds. The van der Waals surface area contributed by atoms with E-state index in [0.29, 0.717) is 24.0 Å². The molecule has 2 aromatic carbocycles. The predicted molar refractivity (Wildman–Crippen MR) is 111 cm³/mol. The maximum absolute atomic E-state index is 13.0. The van der Waals surface area contributed by atoms with Gasteiger partial charge in [0, 0.05) is 37.4 Å². The van der Waals surface area contributed by atoms with Crippen molar-refractivity contribution in [3.63, 3.8) is 0 Å². The first-order valence-corrected chi connectivity index (χ1v) is 9.99. The lowest BCUT2D eigenvalue weighted by molar-refractivity contribution is -0.117. The second kappa shape index (κ2) is 9.15. The van der Waals surface area contributed by atoms with Crippen molar-refractivity contribution < 1.29 is 13.6 Å². The Kier molecular flexibility index (Phi) is 6.15. The van der Waals surface area contributed by atoms with Gasteiger partial charge in [-0.05, 0) is 43.3 Å². The first-order valence-electron chi connectivity index (χ1n) is 9.99. The first kappa shape index (κ1) is 20.2. The number of carbonyl (C=O) groups is 1. The average Bonchev–Trinajstić information content (AvgIpc) is 3.26. The number of aromatic nitrogens is 2. The summed E-state index contributed by atoms with van der Waals surface area (Å²) in [6.45, 7) is 5.49. The summed E-state index contributed by atoms with van der Waals surface area (Å²) in [4.78, 5) is 16.6. The van der Waals surface area contributed by atoms with Crippen molar-refractivity contribution >= 4 is 11.6 Å². The van der Waals surface area contributed by atoms with Crippen molar-refractivity contribution in [1.82, 2.24) is 20.0 Å². The number of anilines is 1. The normalized spacial score (nSPS) is 16.3. The molecular weight excluding hydrogens is 385 g/mol. The van der Waals surface area contributed by atoms with Crippen LogP contribution in [0.1, 0.15) is 18.9 Å². The van der Waals surface area contributed by atoms with Gasteiger partial charge in [0.2, 0.25) is 17.7 Å². The second-order valence-corrected chi connectivity index (χ2v) is 7.35. The lowest BCUT2D eigenvalue weighted by Gasteiger charge is -2.36. The Labute approximate surface area is 174 Å². The third kappa shape index (κ3) is 4.90. The average molecular weight is 409 g/mol. The molecule has 0 unspecified atom stereocenters. The van der Waals surface area contributed by atoms with Gasteiger partial charge in [-0.1, -0.05) is 18.2 Å². The van der Waals surface area contributed by atoms with Crippen molar-refractivity contribution in [3.05, 3.63) is 66.3 Å². The molecule has 1 aliphatic heterocycles. The lowest BCUT2D eigenvalue weighted by Crippen LogP contribution is -2.49. The molecule has 1 aromatic heterocycles. The molecule has 0 spiro atoms. The molecule has 1 saturated heterocycles. The summed E-state index contributed by atoms with van der Waals surface area (Å²) >= 11 is 0. The topological polar surface area (TPSA) is 74.5 Å². The van der Waals surface area contributed by atoms with Crippen LogP contribution in [-0.4, -0.2) is 58.6 Å². The molecule has 2 heterocycles. The molecule has 1 fully saturated rings. The van der Waals surface area contributed by atoms with Crippen molar-refractivity contribution in [3.8, 4) is 11.5 Å². The molecule has 30 heavy (non-hydrogen) atoms. The zero-order valence-corrected chi connectivity index (χ0v) is 16.8. The summed E-state index contributed by atoms with van der Waals surface area (Å²) in [6, 6.07) is 15.5. The van der Waals surface area contributed by atoms with Crippen molar-refractivity contribution in [2.75, 3.05) is 38.0 Å². The Morgan fingerprint density at radius 1 is 1.07 bits per heavy atom. The Morgan fingerprint density at radius 2 is 1.77 bits per heavy atom. The van der Waals surface area contributed by atoms with E-state index in [9.17, 15) is 9.18 Å². The smallest absolute Gasteiger partial charge is 0.247 e. The van der Waals surface area contributed by atoms with Gasteiger partial charge in [-0.3, -0.25) is 14.6 Å². The molecule has 1 N–H and O–H groups in total. The molecule has 3 aromatic rings. The fourth-order valence-corrected chi connectivity index (χ4v) is 3.50. The standard InChI is InChI=1S/C22H24FN5O2/c1-16(21-25-26-22(30-21)17-5-3-2-4-6-17)28-13-11-27(12-14-28)15-20(29)24-19-9-7-18(23)8-10-19/h2-10,16H,11-15H2,1H3,(H,24,29)/t16-/m1/s1. The Morgan fingerprint density at radius 3 is 2.47 bits per heavy atom. The van der Waals surface area contributed by atoms with Crippen LogP contribution >= 0.6 is 0 Å². The molecular formula is C22H24FN5O2. The van der Waals surface area contributed by atoms with E-state index in [4.69, 9.17) is 4.42 Å². The van der Waals surface area contributed by atoms with Gasteiger partial charge >= 0.3 is 0 Å².